The average molecular weight is 384 g/mol. The lowest BCUT2D eigenvalue weighted by Crippen LogP contribution is -2.14. The Bertz CT molecular complexity index is 806. The molecule has 0 radical (unpaired) electrons. The Morgan fingerprint density at radius 1 is 1.00 bits per heavy atom. The van der Waals surface area contributed by atoms with E-state index in [2.05, 4.69) is 31.2 Å². The summed E-state index contributed by atoms with van der Waals surface area (Å²) >= 11 is 3.37. The monoisotopic (exact) mass is 383 g/mol. The highest BCUT2D eigenvalue weighted by molar-refractivity contribution is 9.10. The summed E-state index contributed by atoms with van der Waals surface area (Å²) < 4.78 is 6.50. The van der Waals surface area contributed by atoms with Gasteiger partial charge in [-0.1, -0.05) is 28.1 Å². The molecule has 2 aromatic carbocycles. The number of rotatable bonds is 5. The Balaban J connectivity index is 1.57. The van der Waals surface area contributed by atoms with Gasteiger partial charge in [0, 0.05) is 22.6 Å². The third-order valence-corrected chi connectivity index (χ3v) is 3.70. The second kappa shape index (κ2) is 7.70. The molecule has 0 bridgehead atoms. The highest BCUT2D eigenvalue weighted by Gasteiger charge is 2.05. The third-order valence-electron chi connectivity index (χ3n) is 3.17. The van der Waals surface area contributed by atoms with Crippen LogP contribution in [0.1, 0.15) is 5.56 Å². The van der Waals surface area contributed by atoms with Crippen molar-refractivity contribution < 1.29 is 9.53 Å². The standard InChI is InChI=1S/C18H14BrN3O2/c19-14-4-2-13(3-5-14)12-17(23)22-15-6-8-16(9-7-15)24-18-20-10-1-11-21-18/h1-11H,12H2,(H,22,23). The molecule has 5 nitrogen and oxygen atoms in total. The van der Waals surface area contributed by atoms with Gasteiger partial charge in [0.1, 0.15) is 5.75 Å². The Labute approximate surface area is 147 Å². The number of amides is 1. The number of ether oxygens (including phenoxy) is 1. The summed E-state index contributed by atoms with van der Waals surface area (Å²) in [5, 5.41) is 2.86. The van der Waals surface area contributed by atoms with Gasteiger partial charge >= 0.3 is 6.01 Å². The van der Waals surface area contributed by atoms with Gasteiger partial charge in [0.2, 0.25) is 5.91 Å². The summed E-state index contributed by atoms with van der Waals surface area (Å²) in [6, 6.07) is 16.7. The zero-order valence-corrected chi connectivity index (χ0v) is 14.2. The first-order valence-corrected chi connectivity index (χ1v) is 8.07. The maximum absolute atomic E-state index is 12.1. The lowest BCUT2D eigenvalue weighted by Gasteiger charge is -2.07. The van der Waals surface area contributed by atoms with E-state index in [0.29, 0.717) is 17.9 Å². The highest BCUT2D eigenvalue weighted by atomic mass is 79.9. The zero-order chi connectivity index (χ0) is 16.8. The summed E-state index contributed by atoms with van der Waals surface area (Å²) in [5.74, 6) is 0.532. The fraction of sp³-hybridized carbons (Fsp3) is 0.0556. The number of carbonyl (C=O) groups excluding carboxylic acids is 1. The fourth-order valence-corrected chi connectivity index (χ4v) is 2.31. The van der Waals surface area contributed by atoms with Crippen molar-refractivity contribution in [1.82, 2.24) is 9.97 Å². The summed E-state index contributed by atoms with van der Waals surface area (Å²) in [4.78, 5) is 20.1. The van der Waals surface area contributed by atoms with Crippen molar-refractivity contribution in [1.29, 1.82) is 0 Å². The van der Waals surface area contributed by atoms with E-state index in [1.54, 1.807) is 42.7 Å². The van der Waals surface area contributed by atoms with E-state index < -0.39 is 0 Å². The first-order valence-electron chi connectivity index (χ1n) is 7.28. The van der Waals surface area contributed by atoms with E-state index in [-0.39, 0.29) is 11.9 Å². The van der Waals surface area contributed by atoms with Crippen LogP contribution in [0.3, 0.4) is 0 Å². The molecule has 0 atom stereocenters. The molecule has 0 unspecified atom stereocenters. The molecule has 1 amide bonds. The van der Waals surface area contributed by atoms with Crippen molar-refractivity contribution >= 4 is 27.5 Å². The largest absolute Gasteiger partial charge is 0.424 e. The molecule has 3 rings (SSSR count). The molecule has 0 fully saturated rings. The minimum Gasteiger partial charge on any atom is -0.424 e. The van der Waals surface area contributed by atoms with Crippen molar-refractivity contribution in [3.63, 3.8) is 0 Å². The molecule has 0 spiro atoms. The van der Waals surface area contributed by atoms with E-state index in [1.165, 1.54) is 0 Å². The van der Waals surface area contributed by atoms with Crippen LogP contribution in [0.15, 0.2) is 71.5 Å². The SMILES string of the molecule is O=C(Cc1ccc(Br)cc1)Nc1ccc(Oc2ncccn2)cc1. The van der Waals surface area contributed by atoms with Crippen LogP contribution in [-0.4, -0.2) is 15.9 Å². The van der Waals surface area contributed by atoms with Gasteiger partial charge in [0.15, 0.2) is 0 Å². The molecule has 24 heavy (non-hydrogen) atoms. The first kappa shape index (κ1) is 16.1. The normalized spacial score (nSPS) is 10.2. The van der Waals surface area contributed by atoms with Crippen LogP contribution in [0, 0.1) is 0 Å². The van der Waals surface area contributed by atoms with Gasteiger partial charge in [-0.15, -0.1) is 0 Å². The highest BCUT2D eigenvalue weighted by Crippen LogP contribution is 2.20. The second-order valence-electron chi connectivity index (χ2n) is 5.01. The molecule has 6 heteroatoms. The van der Waals surface area contributed by atoms with Crippen LogP contribution in [0.2, 0.25) is 0 Å². The van der Waals surface area contributed by atoms with Crippen molar-refractivity contribution in [2.24, 2.45) is 0 Å². The predicted octanol–water partition coefficient (Wildman–Crippen LogP) is 4.21. The molecule has 3 aromatic rings. The number of hydrogen-bond donors (Lipinski definition) is 1. The topological polar surface area (TPSA) is 64.1 Å². The number of anilines is 1. The van der Waals surface area contributed by atoms with E-state index in [1.807, 2.05) is 24.3 Å². The van der Waals surface area contributed by atoms with Crippen molar-refractivity contribution in [3.05, 3.63) is 77.0 Å². The minimum atomic E-state index is -0.0719. The van der Waals surface area contributed by atoms with Gasteiger partial charge in [-0.2, -0.15) is 0 Å². The molecule has 120 valence electrons. The quantitative estimate of drug-likeness (QED) is 0.716. The van der Waals surface area contributed by atoms with E-state index in [9.17, 15) is 4.79 Å². The number of nitrogens with one attached hydrogen (secondary N) is 1. The van der Waals surface area contributed by atoms with E-state index in [0.717, 1.165) is 10.0 Å². The third kappa shape index (κ3) is 4.63. The fourth-order valence-electron chi connectivity index (χ4n) is 2.04. The molecular formula is C18H14BrN3O2. The van der Waals surface area contributed by atoms with E-state index >= 15 is 0 Å². The van der Waals surface area contributed by atoms with Crippen LogP contribution < -0.4 is 10.1 Å². The summed E-state index contributed by atoms with van der Waals surface area (Å²) in [6.07, 6.45) is 3.54. The van der Waals surface area contributed by atoms with Crippen LogP contribution >= 0.6 is 15.9 Å². The Morgan fingerprint density at radius 3 is 2.33 bits per heavy atom. The van der Waals surface area contributed by atoms with Crippen LogP contribution in [0.4, 0.5) is 5.69 Å². The lowest BCUT2D eigenvalue weighted by molar-refractivity contribution is -0.115. The number of hydrogen-bond acceptors (Lipinski definition) is 4. The predicted molar refractivity (Wildman–Crippen MR) is 95.0 cm³/mol. The number of aromatic nitrogens is 2. The maximum Gasteiger partial charge on any atom is 0.321 e. The summed E-state index contributed by atoms with van der Waals surface area (Å²) in [7, 11) is 0. The Morgan fingerprint density at radius 2 is 1.67 bits per heavy atom. The van der Waals surface area contributed by atoms with Gasteiger partial charge in [0.25, 0.3) is 0 Å². The van der Waals surface area contributed by atoms with Crippen LogP contribution in [0.5, 0.6) is 11.8 Å². The maximum atomic E-state index is 12.1. The van der Waals surface area contributed by atoms with Crippen molar-refractivity contribution in [2.45, 2.75) is 6.42 Å². The second-order valence-corrected chi connectivity index (χ2v) is 5.92. The van der Waals surface area contributed by atoms with Gasteiger partial charge < -0.3 is 10.1 Å². The molecule has 1 heterocycles. The molecule has 0 aliphatic rings. The van der Waals surface area contributed by atoms with Crippen LogP contribution in [0.25, 0.3) is 0 Å². The lowest BCUT2D eigenvalue weighted by atomic mass is 10.1. The van der Waals surface area contributed by atoms with Gasteiger partial charge in [-0.05, 0) is 48.0 Å². The number of benzene rings is 2. The van der Waals surface area contributed by atoms with Gasteiger partial charge in [-0.3, -0.25) is 4.79 Å². The Hall–Kier alpha value is -2.73. The summed E-state index contributed by atoms with van der Waals surface area (Å²) in [5.41, 5.74) is 1.66. The molecule has 1 N–H and O–H groups in total. The summed E-state index contributed by atoms with van der Waals surface area (Å²) in [6.45, 7) is 0. The molecule has 0 saturated carbocycles. The van der Waals surface area contributed by atoms with Gasteiger partial charge in [0.05, 0.1) is 6.42 Å². The molecule has 0 aliphatic carbocycles. The van der Waals surface area contributed by atoms with Gasteiger partial charge in [-0.25, -0.2) is 9.97 Å². The van der Waals surface area contributed by atoms with Crippen LogP contribution in [-0.2, 0) is 11.2 Å². The number of carbonyl (C=O) groups is 1. The van der Waals surface area contributed by atoms with Crippen molar-refractivity contribution in [3.8, 4) is 11.8 Å². The Kier molecular flexibility index (Phi) is 5.18. The van der Waals surface area contributed by atoms with Crippen molar-refractivity contribution in [2.75, 3.05) is 5.32 Å². The minimum absolute atomic E-state index is 0.0719. The smallest absolute Gasteiger partial charge is 0.321 e. The molecule has 0 saturated heterocycles. The molecule has 0 aliphatic heterocycles. The number of halogens is 1. The zero-order valence-electron chi connectivity index (χ0n) is 12.6. The first-order chi connectivity index (χ1) is 11.7. The number of nitrogens with zero attached hydrogens (tertiary/aromatic N) is 2. The molecule has 1 aromatic heterocycles. The van der Waals surface area contributed by atoms with E-state index in [4.69, 9.17) is 4.74 Å². The average Bonchev–Trinajstić information content (AvgIpc) is 2.60. The molecular weight excluding hydrogens is 370 g/mol.